The van der Waals surface area contributed by atoms with Crippen LogP contribution in [0.4, 0.5) is 0 Å². The molecular formula is C19H22O6S. The van der Waals surface area contributed by atoms with E-state index in [-0.39, 0.29) is 30.3 Å². The Bertz CT molecular complexity index is 802. The van der Waals surface area contributed by atoms with Crippen LogP contribution in [0.2, 0.25) is 0 Å². The van der Waals surface area contributed by atoms with Gasteiger partial charge in [-0.25, -0.2) is 4.79 Å². The van der Waals surface area contributed by atoms with Crippen LogP contribution in [0.15, 0.2) is 59.5 Å². The third kappa shape index (κ3) is 5.94. The summed E-state index contributed by atoms with van der Waals surface area (Å²) in [5.41, 5.74) is 1.06. The molecule has 0 unspecified atom stereocenters. The highest BCUT2D eigenvalue weighted by molar-refractivity contribution is 7.86. The zero-order chi connectivity index (χ0) is 18.8. The van der Waals surface area contributed by atoms with Gasteiger partial charge in [0.25, 0.3) is 10.1 Å². The minimum atomic E-state index is -4.05. The van der Waals surface area contributed by atoms with Crippen LogP contribution in [-0.4, -0.2) is 41.3 Å². The lowest BCUT2D eigenvalue weighted by Crippen LogP contribution is -2.16. The molecule has 140 valence electrons. The fourth-order valence-corrected chi connectivity index (χ4v) is 3.43. The second-order valence-electron chi connectivity index (χ2n) is 5.49. The molecule has 2 aromatic carbocycles. The summed E-state index contributed by atoms with van der Waals surface area (Å²) in [5.74, 6) is -0.728. The smallest absolute Gasteiger partial charge is 0.339 e. The van der Waals surface area contributed by atoms with Gasteiger partial charge in [0.1, 0.15) is 11.5 Å². The first kappa shape index (κ1) is 20.1. The number of benzene rings is 2. The predicted octanol–water partition coefficient (Wildman–Crippen LogP) is 2.83. The number of carbonyl (C=O) groups is 1. The molecule has 2 aromatic rings. The van der Waals surface area contributed by atoms with E-state index in [1.54, 1.807) is 6.07 Å². The van der Waals surface area contributed by atoms with E-state index >= 15 is 0 Å². The molecule has 0 aliphatic heterocycles. The Morgan fingerprint density at radius 3 is 2.35 bits per heavy atom. The van der Waals surface area contributed by atoms with Gasteiger partial charge < -0.3 is 9.47 Å². The molecule has 2 rings (SSSR count). The normalized spacial score (nSPS) is 11.3. The molecule has 0 fully saturated rings. The molecule has 0 atom stereocenters. The van der Waals surface area contributed by atoms with Crippen LogP contribution in [0.25, 0.3) is 0 Å². The van der Waals surface area contributed by atoms with Crippen molar-refractivity contribution in [2.45, 2.75) is 17.7 Å². The van der Waals surface area contributed by atoms with E-state index in [1.165, 1.54) is 25.3 Å². The van der Waals surface area contributed by atoms with E-state index in [0.29, 0.717) is 12.8 Å². The highest BCUT2D eigenvalue weighted by Crippen LogP contribution is 2.19. The van der Waals surface area contributed by atoms with E-state index in [2.05, 4.69) is 0 Å². The molecule has 0 aromatic heterocycles. The molecule has 0 N–H and O–H groups in total. The van der Waals surface area contributed by atoms with Crippen LogP contribution < -0.4 is 0 Å². The largest absolute Gasteiger partial charge is 0.460 e. The van der Waals surface area contributed by atoms with Crippen LogP contribution in [0, 0.1) is 0 Å². The first-order valence-electron chi connectivity index (χ1n) is 8.23. The molecule has 0 saturated heterocycles. The summed E-state index contributed by atoms with van der Waals surface area (Å²) in [4.78, 5) is 11.9. The molecule has 6 nitrogen and oxygen atoms in total. The number of aryl methyl sites for hydroxylation is 1. The van der Waals surface area contributed by atoms with Crippen molar-refractivity contribution >= 4 is 16.1 Å². The van der Waals surface area contributed by atoms with Crippen molar-refractivity contribution in [1.29, 1.82) is 0 Å². The Morgan fingerprint density at radius 2 is 1.62 bits per heavy atom. The third-order valence-corrected chi connectivity index (χ3v) is 4.96. The lowest BCUT2D eigenvalue weighted by Gasteiger charge is -2.10. The second kappa shape index (κ2) is 10.1. The summed E-state index contributed by atoms with van der Waals surface area (Å²) in [7, 11) is -2.57. The van der Waals surface area contributed by atoms with E-state index in [9.17, 15) is 13.2 Å². The van der Waals surface area contributed by atoms with Gasteiger partial charge in [-0.15, -0.1) is 0 Å². The topological polar surface area (TPSA) is 78.9 Å². The molecule has 0 aliphatic rings. The van der Waals surface area contributed by atoms with Gasteiger partial charge in [-0.3, -0.25) is 4.18 Å². The fourth-order valence-electron chi connectivity index (χ4n) is 2.30. The summed E-state index contributed by atoms with van der Waals surface area (Å²) < 4.78 is 39.8. The van der Waals surface area contributed by atoms with Crippen molar-refractivity contribution in [3.05, 3.63) is 65.7 Å². The maximum atomic E-state index is 12.4. The molecule has 0 aliphatic carbocycles. The van der Waals surface area contributed by atoms with Crippen LogP contribution in [0.3, 0.4) is 0 Å². The molecule has 7 heteroatoms. The third-order valence-electron chi connectivity index (χ3n) is 3.59. The van der Waals surface area contributed by atoms with Gasteiger partial charge in [0.2, 0.25) is 0 Å². The number of ether oxygens (including phenoxy) is 2. The van der Waals surface area contributed by atoms with Crippen molar-refractivity contribution in [1.82, 2.24) is 0 Å². The molecular weight excluding hydrogens is 356 g/mol. The van der Waals surface area contributed by atoms with Crippen LogP contribution in [0.5, 0.6) is 0 Å². The zero-order valence-electron chi connectivity index (χ0n) is 14.6. The first-order valence-corrected chi connectivity index (χ1v) is 9.64. The number of hydrogen-bond acceptors (Lipinski definition) is 6. The monoisotopic (exact) mass is 378 g/mol. The van der Waals surface area contributed by atoms with Gasteiger partial charge in [-0.1, -0.05) is 42.5 Å². The van der Waals surface area contributed by atoms with Crippen LogP contribution >= 0.6 is 0 Å². The Morgan fingerprint density at radius 1 is 0.923 bits per heavy atom. The molecule has 0 saturated carbocycles. The van der Waals surface area contributed by atoms with Crippen LogP contribution in [-0.2, 0) is 30.2 Å². The van der Waals surface area contributed by atoms with Crippen molar-refractivity contribution in [2.75, 3.05) is 26.9 Å². The Balaban J connectivity index is 1.98. The predicted molar refractivity (Wildman–Crippen MR) is 96.5 cm³/mol. The lowest BCUT2D eigenvalue weighted by atomic mass is 10.1. The van der Waals surface area contributed by atoms with Gasteiger partial charge in [-0.2, -0.15) is 8.42 Å². The van der Waals surface area contributed by atoms with Gasteiger partial charge in [0.05, 0.1) is 18.8 Å². The summed E-state index contributed by atoms with van der Waals surface area (Å²) in [5, 5.41) is 0. The number of esters is 1. The Labute approximate surface area is 153 Å². The van der Waals surface area contributed by atoms with Gasteiger partial charge in [0, 0.05) is 7.11 Å². The second-order valence-corrected chi connectivity index (χ2v) is 7.07. The molecule has 0 spiro atoms. The summed E-state index contributed by atoms with van der Waals surface area (Å²) in [6, 6.07) is 15.6. The molecule has 26 heavy (non-hydrogen) atoms. The number of hydrogen-bond donors (Lipinski definition) is 0. The van der Waals surface area contributed by atoms with E-state index in [0.717, 1.165) is 5.56 Å². The minimum absolute atomic E-state index is 0.0320. The van der Waals surface area contributed by atoms with Crippen LogP contribution in [0.1, 0.15) is 22.3 Å². The maximum Gasteiger partial charge on any atom is 0.339 e. The maximum absolute atomic E-state index is 12.4. The Kier molecular flexibility index (Phi) is 7.77. The lowest BCUT2D eigenvalue weighted by molar-refractivity contribution is 0.0383. The minimum Gasteiger partial charge on any atom is -0.460 e. The van der Waals surface area contributed by atoms with E-state index < -0.39 is 16.1 Å². The Hall–Kier alpha value is -2.22. The number of methoxy groups -OCH3 is 1. The number of rotatable bonds is 10. The number of carbonyl (C=O) groups excluding carboxylic acids is 1. The standard InChI is InChI=1S/C19H22O6S/c1-23-14-15-24-19(20)17-11-5-6-12-18(17)26(21,22)25-13-7-10-16-8-3-2-4-9-16/h2-6,8-9,11-12H,7,10,13-15H2,1H3. The molecule has 0 bridgehead atoms. The van der Waals surface area contributed by atoms with Gasteiger partial charge in [0.15, 0.2) is 0 Å². The quantitative estimate of drug-likeness (QED) is 0.359. The van der Waals surface area contributed by atoms with Crippen molar-refractivity contribution in [3.63, 3.8) is 0 Å². The van der Waals surface area contributed by atoms with Crippen molar-refractivity contribution in [3.8, 4) is 0 Å². The zero-order valence-corrected chi connectivity index (χ0v) is 15.4. The highest BCUT2D eigenvalue weighted by Gasteiger charge is 2.23. The fraction of sp³-hybridized carbons (Fsp3) is 0.316. The van der Waals surface area contributed by atoms with E-state index in [1.807, 2.05) is 30.3 Å². The van der Waals surface area contributed by atoms with Gasteiger partial charge in [-0.05, 0) is 30.5 Å². The van der Waals surface area contributed by atoms with Crippen molar-refractivity contribution in [2.24, 2.45) is 0 Å². The summed E-state index contributed by atoms with van der Waals surface area (Å²) >= 11 is 0. The summed E-state index contributed by atoms with van der Waals surface area (Å²) in [6.45, 7) is 0.308. The average Bonchev–Trinajstić information content (AvgIpc) is 2.66. The summed E-state index contributed by atoms with van der Waals surface area (Å²) in [6.07, 6.45) is 1.25. The molecule has 0 radical (unpaired) electrons. The highest BCUT2D eigenvalue weighted by atomic mass is 32.2. The van der Waals surface area contributed by atoms with Crippen molar-refractivity contribution < 1.29 is 26.9 Å². The van der Waals surface area contributed by atoms with E-state index in [4.69, 9.17) is 13.7 Å². The molecule has 0 amide bonds. The van der Waals surface area contributed by atoms with Gasteiger partial charge >= 0.3 is 5.97 Å². The SMILES string of the molecule is COCCOC(=O)c1ccccc1S(=O)(=O)OCCCc1ccccc1. The average molecular weight is 378 g/mol. The molecule has 0 heterocycles. The first-order chi connectivity index (χ1) is 12.5.